The van der Waals surface area contributed by atoms with Gasteiger partial charge in [0.05, 0.1) is 0 Å². The van der Waals surface area contributed by atoms with Gasteiger partial charge in [0.1, 0.15) is 0 Å². The molecule has 0 spiro atoms. The van der Waals surface area contributed by atoms with Crippen LogP contribution < -0.4 is 17.5 Å². The van der Waals surface area contributed by atoms with Crippen LogP contribution in [-0.4, -0.2) is 19.1 Å². The molecular formula is C2H12N4. The van der Waals surface area contributed by atoms with Gasteiger partial charge < -0.3 is 0 Å². The van der Waals surface area contributed by atoms with Crippen LogP contribution >= 0.6 is 0 Å². The third kappa shape index (κ3) is 1210. The monoisotopic (exact) mass is 92.1 g/mol. The van der Waals surface area contributed by atoms with E-state index < -0.39 is 0 Å². The van der Waals surface area contributed by atoms with E-state index in [1.807, 2.05) is 0 Å². The van der Waals surface area contributed by atoms with Gasteiger partial charge in [0.2, 0.25) is 0 Å². The third-order valence-electron chi connectivity index (χ3n) is 0. The first-order chi connectivity index (χ1) is 2.73. The molecule has 0 aromatic heterocycles. The fourth-order valence-electron chi connectivity index (χ4n) is 0. The predicted molar refractivity (Wildman–Crippen MR) is 26.2 cm³/mol. The smallest absolute Gasteiger partial charge is 0.00105 e. The van der Waals surface area contributed by atoms with E-state index in [9.17, 15) is 0 Å². The summed E-state index contributed by atoms with van der Waals surface area (Å²) in [5.74, 6) is 12.9. The zero-order valence-electron chi connectivity index (χ0n) is 4.18. The van der Waals surface area contributed by atoms with Crippen LogP contribution in [0, 0.1) is 0 Å². The highest BCUT2D eigenvalue weighted by Gasteiger charge is 1.57. The van der Waals surface area contributed by atoms with Gasteiger partial charge in [0, 0.05) is 14.1 Å². The summed E-state index contributed by atoms with van der Waals surface area (Å²) in [4.78, 5) is 0. The van der Waals surface area contributed by atoms with Gasteiger partial charge >= 0.3 is 0 Å². The summed E-state index contributed by atoms with van der Waals surface area (Å²) in [5.41, 5.74) is 0. The van der Waals surface area contributed by atoms with Gasteiger partial charge in [-0.2, -0.15) is 0 Å². The molecule has 0 aromatic carbocycles. The SMILES string of the molecule is CN(C)N.NN. The minimum absolute atomic E-state index is 1.50. The molecule has 0 amide bonds. The number of nitrogens with two attached hydrogens (primary N) is 3. The average molecular weight is 92.1 g/mol. The van der Waals surface area contributed by atoms with E-state index in [1.165, 1.54) is 5.01 Å². The molecule has 0 aliphatic carbocycles. The molecule has 0 saturated heterocycles. The minimum atomic E-state index is 1.50. The Labute approximate surface area is 37.8 Å². The van der Waals surface area contributed by atoms with Crippen LogP contribution in [0.15, 0.2) is 0 Å². The van der Waals surface area contributed by atoms with E-state index in [0.717, 1.165) is 0 Å². The lowest BCUT2D eigenvalue weighted by atomic mass is 11.2. The molecule has 0 rings (SSSR count). The molecule has 4 nitrogen and oxygen atoms in total. The summed E-state index contributed by atoms with van der Waals surface area (Å²) < 4.78 is 0. The largest absolute Gasteiger partial charge is 0.274 e. The van der Waals surface area contributed by atoms with Gasteiger partial charge in [-0.1, -0.05) is 0 Å². The number of nitrogens with zero attached hydrogens (tertiary/aromatic N) is 1. The number of rotatable bonds is 0. The molecular weight excluding hydrogens is 80.0 g/mol. The van der Waals surface area contributed by atoms with Crippen molar-refractivity contribution in [3.63, 3.8) is 0 Å². The van der Waals surface area contributed by atoms with Gasteiger partial charge in [-0.3, -0.25) is 22.5 Å². The van der Waals surface area contributed by atoms with Gasteiger partial charge in [0.15, 0.2) is 0 Å². The Hall–Kier alpha value is -0.160. The summed E-state index contributed by atoms with van der Waals surface area (Å²) in [7, 11) is 3.56. The summed E-state index contributed by atoms with van der Waals surface area (Å²) in [6.07, 6.45) is 0. The fourth-order valence-corrected chi connectivity index (χ4v) is 0. The van der Waals surface area contributed by atoms with Crippen LogP contribution in [0.1, 0.15) is 0 Å². The van der Waals surface area contributed by atoms with E-state index in [0.29, 0.717) is 0 Å². The topological polar surface area (TPSA) is 81.3 Å². The summed E-state index contributed by atoms with van der Waals surface area (Å²) in [6, 6.07) is 0. The average Bonchev–Trinajstić information content (AvgIpc) is 1.41. The molecule has 0 saturated carbocycles. The van der Waals surface area contributed by atoms with Gasteiger partial charge in [-0.15, -0.1) is 0 Å². The van der Waals surface area contributed by atoms with Crippen molar-refractivity contribution in [2.24, 2.45) is 17.5 Å². The standard InChI is InChI=1S/C2H8N2.H4N2/c1-4(2)3;1-2/h3H2,1-2H3;1-2H2. The molecule has 0 atom stereocenters. The maximum Gasteiger partial charge on any atom is 0.00105 e. The summed E-state index contributed by atoms with van der Waals surface area (Å²) >= 11 is 0. The Morgan fingerprint density at radius 1 is 1.17 bits per heavy atom. The van der Waals surface area contributed by atoms with Crippen LogP contribution in [0.4, 0.5) is 0 Å². The maximum atomic E-state index is 4.94. The molecule has 0 aliphatic heterocycles. The first kappa shape index (κ1) is 9.28. The lowest BCUT2D eigenvalue weighted by molar-refractivity contribution is 0.432. The Morgan fingerprint density at radius 3 is 1.17 bits per heavy atom. The molecule has 0 aliphatic rings. The first-order valence-electron chi connectivity index (χ1n) is 1.49. The predicted octanol–water partition coefficient (Wildman–Crippen LogP) is -1.76. The van der Waals surface area contributed by atoms with Crippen molar-refractivity contribution in [3.8, 4) is 0 Å². The van der Waals surface area contributed by atoms with Crippen LogP contribution in [0.3, 0.4) is 0 Å². The molecule has 6 N–H and O–H groups in total. The van der Waals surface area contributed by atoms with Crippen LogP contribution in [0.2, 0.25) is 0 Å². The van der Waals surface area contributed by atoms with Crippen molar-refractivity contribution in [3.05, 3.63) is 0 Å². The Bertz CT molecular complexity index is 10.3. The van der Waals surface area contributed by atoms with E-state index in [1.54, 1.807) is 14.1 Å². The van der Waals surface area contributed by atoms with Crippen LogP contribution in [0.5, 0.6) is 0 Å². The molecule has 4 heteroatoms. The van der Waals surface area contributed by atoms with Gasteiger partial charge in [-0.25, -0.2) is 0 Å². The Kier molecular flexibility index (Phi) is 13.7. The van der Waals surface area contributed by atoms with Gasteiger partial charge in [0.25, 0.3) is 0 Å². The Balaban J connectivity index is 0. The zero-order chi connectivity index (χ0) is 5.58. The first-order valence-corrected chi connectivity index (χ1v) is 1.49. The van der Waals surface area contributed by atoms with Crippen molar-refractivity contribution in [2.75, 3.05) is 14.1 Å². The number of hydrogen-bond donors (Lipinski definition) is 3. The summed E-state index contributed by atoms with van der Waals surface area (Å²) in [5, 5.41) is 1.50. The van der Waals surface area contributed by atoms with Crippen molar-refractivity contribution < 1.29 is 0 Å². The highest BCUT2D eigenvalue weighted by atomic mass is 15.4. The second kappa shape index (κ2) is 8.85. The van der Waals surface area contributed by atoms with E-state index >= 15 is 0 Å². The molecule has 40 valence electrons. The molecule has 0 heterocycles. The van der Waals surface area contributed by atoms with Gasteiger partial charge in [-0.05, 0) is 0 Å². The maximum absolute atomic E-state index is 4.94. The number of hydrogen-bond acceptors (Lipinski definition) is 4. The fraction of sp³-hybridized carbons (Fsp3) is 1.00. The molecule has 0 unspecified atom stereocenters. The Morgan fingerprint density at radius 2 is 1.17 bits per heavy atom. The van der Waals surface area contributed by atoms with Crippen molar-refractivity contribution in [1.29, 1.82) is 0 Å². The van der Waals surface area contributed by atoms with E-state index in [2.05, 4.69) is 11.7 Å². The summed E-state index contributed by atoms with van der Waals surface area (Å²) in [6.45, 7) is 0. The highest BCUT2D eigenvalue weighted by molar-refractivity contribution is 4.01. The molecule has 0 radical (unpaired) electrons. The van der Waals surface area contributed by atoms with Crippen LogP contribution in [-0.2, 0) is 0 Å². The second-order valence-electron chi connectivity index (χ2n) is 0.964. The zero-order valence-corrected chi connectivity index (χ0v) is 4.18. The molecule has 6 heavy (non-hydrogen) atoms. The lowest BCUT2D eigenvalue weighted by Gasteiger charge is -1.91. The lowest BCUT2D eigenvalue weighted by Crippen LogP contribution is -2.18. The third-order valence-corrected chi connectivity index (χ3v) is 0. The van der Waals surface area contributed by atoms with Crippen LogP contribution in [0.25, 0.3) is 0 Å². The van der Waals surface area contributed by atoms with Crippen molar-refractivity contribution in [1.82, 2.24) is 5.01 Å². The highest BCUT2D eigenvalue weighted by Crippen LogP contribution is 1.37. The second-order valence-corrected chi connectivity index (χ2v) is 0.964. The van der Waals surface area contributed by atoms with E-state index in [-0.39, 0.29) is 0 Å². The molecule has 0 aromatic rings. The van der Waals surface area contributed by atoms with Crippen molar-refractivity contribution >= 4 is 0 Å². The van der Waals surface area contributed by atoms with E-state index in [4.69, 9.17) is 5.84 Å². The normalized spacial score (nSPS) is 7.00. The number of hydrazine groups is 2. The minimum Gasteiger partial charge on any atom is -0.274 e. The molecule has 0 fully saturated rings. The molecule has 0 bridgehead atoms. The van der Waals surface area contributed by atoms with Crippen molar-refractivity contribution in [2.45, 2.75) is 0 Å². The quantitative estimate of drug-likeness (QED) is 0.244.